The molecular formula is C27H39NO10. The van der Waals surface area contributed by atoms with Crippen LogP contribution in [-0.4, -0.2) is 99.5 Å². The summed E-state index contributed by atoms with van der Waals surface area (Å²) >= 11 is 0. The molecule has 0 saturated heterocycles. The van der Waals surface area contributed by atoms with Crippen molar-refractivity contribution < 1.29 is 47.4 Å². The van der Waals surface area contributed by atoms with Crippen LogP contribution in [0.2, 0.25) is 0 Å². The van der Waals surface area contributed by atoms with Gasteiger partial charge in [0.15, 0.2) is 0 Å². The first-order valence-electron chi connectivity index (χ1n) is 12.4. The number of methoxy groups -OCH3 is 2. The molecular weight excluding hydrogens is 498 g/mol. The van der Waals surface area contributed by atoms with Crippen molar-refractivity contribution in [3.05, 3.63) is 48.0 Å². The maximum atomic E-state index is 13.0. The molecule has 0 fully saturated rings. The first-order chi connectivity index (χ1) is 18.7. The summed E-state index contributed by atoms with van der Waals surface area (Å²) < 4.78 is 48.6. The Kier molecular flexibility index (Phi) is 16.5. The van der Waals surface area contributed by atoms with Gasteiger partial charge in [-0.1, -0.05) is 18.2 Å². The molecule has 0 aliphatic carbocycles. The van der Waals surface area contributed by atoms with E-state index in [0.717, 1.165) is 0 Å². The second-order valence-electron chi connectivity index (χ2n) is 7.72. The molecule has 2 aromatic carbocycles. The zero-order valence-electron chi connectivity index (χ0n) is 22.2. The molecule has 0 aliphatic heterocycles. The molecule has 11 nitrogen and oxygen atoms in total. The fourth-order valence-corrected chi connectivity index (χ4v) is 2.98. The quantitative estimate of drug-likeness (QED) is 0.103. The molecule has 0 radical (unpaired) electrons. The molecule has 2 N–H and O–H groups in total. The van der Waals surface area contributed by atoms with Crippen molar-refractivity contribution in [2.45, 2.75) is 0 Å². The van der Waals surface area contributed by atoms with Gasteiger partial charge in [0.05, 0.1) is 71.8 Å². The minimum Gasteiger partial charge on any atom is -0.490 e. The number of rotatable bonds is 22. The van der Waals surface area contributed by atoms with Crippen LogP contribution in [0.5, 0.6) is 17.2 Å². The third-order valence-electron chi connectivity index (χ3n) is 4.86. The van der Waals surface area contributed by atoms with E-state index in [1.165, 1.54) is 12.1 Å². The molecule has 2 aromatic rings. The fourth-order valence-electron chi connectivity index (χ4n) is 2.98. The van der Waals surface area contributed by atoms with Crippen LogP contribution in [0.3, 0.4) is 0 Å². The Morgan fingerprint density at radius 3 is 1.63 bits per heavy atom. The Bertz CT molecular complexity index is 897. The molecule has 11 heteroatoms. The third kappa shape index (κ3) is 13.0. The number of ether oxygens (including phenoxy) is 9. The van der Waals surface area contributed by atoms with Crippen molar-refractivity contribution in [3.63, 3.8) is 0 Å². The highest BCUT2D eigenvalue weighted by Crippen LogP contribution is 2.32. The Labute approximate surface area is 223 Å². The van der Waals surface area contributed by atoms with Crippen molar-refractivity contribution in [2.75, 3.05) is 99.2 Å². The van der Waals surface area contributed by atoms with E-state index in [9.17, 15) is 4.79 Å². The smallest absolute Gasteiger partial charge is 0.347 e. The zero-order valence-corrected chi connectivity index (χ0v) is 22.2. The van der Waals surface area contributed by atoms with Gasteiger partial charge in [-0.15, -0.1) is 0 Å². The number of para-hydroxylation sites is 1. The molecule has 2 rings (SSSR count). The lowest BCUT2D eigenvalue weighted by Gasteiger charge is -2.16. The molecule has 0 atom stereocenters. The summed E-state index contributed by atoms with van der Waals surface area (Å²) in [6.45, 7) is 4.87. The second-order valence-corrected chi connectivity index (χ2v) is 7.72. The minimum atomic E-state index is -0.604. The number of nitrogens with two attached hydrogens (primary N) is 1. The van der Waals surface area contributed by atoms with Gasteiger partial charge in [0.25, 0.3) is 0 Å². The first-order valence-corrected chi connectivity index (χ1v) is 12.4. The number of carbonyl (C=O) groups excluding carboxylic acids is 1. The summed E-state index contributed by atoms with van der Waals surface area (Å²) in [4.78, 5) is 13.0. The predicted molar refractivity (Wildman–Crippen MR) is 140 cm³/mol. The Hall–Kier alpha value is -2.93. The van der Waals surface area contributed by atoms with Crippen LogP contribution in [0.25, 0.3) is 0 Å². The minimum absolute atomic E-state index is 0.174. The van der Waals surface area contributed by atoms with Crippen LogP contribution < -0.4 is 19.9 Å². The summed E-state index contributed by atoms with van der Waals surface area (Å²) in [5, 5.41) is 0. The van der Waals surface area contributed by atoms with Gasteiger partial charge >= 0.3 is 5.97 Å². The Balaban J connectivity index is 1.90. The lowest BCUT2D eigenvalue weighted by atomic mass is 10.1. The van der Waals surface area contributed by atoms with Crippen LogP contribution in [0, 0.1) is 0 Å². The maximum Gasteiger partial charge on any atom is 0.347 e. The van der Waals surface area contributed by atoms with Crippen molar-refractivity contribution >= 4 is 11.7 Å². The summed E-state index contributed by atoms with van der Waals surface area (Å²) in [6.07, 6.45) is 0. The van der Waals surface area contributed by atoms with Gasteiger partial charge in [-0.2, -0.15) is 0 Å². The SMILES string of the molecule is COCCOCCOCCOc1cc(C(=O)Oc2ccccc2)c(OCCOCCOCCOC)cc1N. The van der Waals surface area contributed by atoms with Gasteiger partial charge in [0.1, 0.15) is 36.0 Å². The van der Waals surface area contributed by atoms with Gasteiger partial charge in [0.2, 0.25) is 0 Å². The second kappa shape index (κ2) is 20.1. The predicted octanol–water partition coefficient (Wildman–Crippen LogP) is 2.60. The van der Waals surface area contributed by atoms with Crippen molar-refractivity contribution in [2.24, 2.45) is 0 Å². The lowest BCUT2D eigenvalue weighted by molar-refractivity contribution is 0.0176. The van der Waals surface area contributed by atoms with Crippen LogP contribution in [0.4, 0.5) is 5.69 Å². The lowest BCUT2D eigenvalue weighted by Crippen LogP contribution is -2.16. The van der Waals surface area contributed by atoms with E-state index in [0.29, 0.717) is 83.3 Å². The third-order valence-corrected chi connectivity index (χ3v) is 4.86. The van der Waals surface area contributed by atoms with Crippen LogP contribution in [0.15, 0.2) is 42.5 Å². The summed E-state index contributed by atoms with van der Waals surface area (Å²) in [7, 11) is 3.23. The monoisotopic (exact) mass is 537 g/mol. The van der Waals surface area contributed by atoms with Crippen molar-refractivity contribution in [1.82, 2.24) is 0 Å². The molecule has 38 heavy (non-hydrogen) atoms. The van der Waals surface area contributed by atoms with E-state index in [4.69, 9.17) is 48.4 Å². The molecule has 0 spiro atoms. The number of carbonyl (C=O) groups is 1. The molecule has 212 valence electrons. The van der Waals surface area contributed by atoms with Gasteiger partial charge in [-0.3, -0.25) is 0 Å². The number of anilines is 1. The van der Waals surface area contributed by atoms with Gasteiger partial charge in [-0.25, -0.2) is 4.79 Å². The average Bonchev–Trinajstić information content (AvgIpc) is 2.92. The molecule has 0 aromatic heterocycles. The van der Waals surface area contributed by atoms with E-state index in [1.54, 1.807) is 38.5 Å². The topological polar surface area (TPSA) is 126 Å². The summed E-state index contributed by atoms with van der Waals surface area (Å²) in [5.74, 6) is 0.385. The molecule has 0 bridgehead atoms. The van der Waals surface area contributed by atoms with E-state index in [1.807, 2.05) is 6.07 Å². The number of nitrogen functional groups attached to an aromatic ring is 1. The largest absolute Gasteiger partial charge is 0.490 e. The van der Waals surface area contributed by atoms with Gasteiger partial charge < -0.3 is 48.4 Å². The molecule has 0 amide bonds. The Morgan fingerprint density at radius 1 is 0.632 bits per heavy atom. The molecule has 0 aliphatic rings. The molecule has 0 heterocycles. The van der Waals surface area contributed by atoms with Gasteiger partial charge in [0, 0.05) is 26.4 Å². The first kappa shape index (κ1) is 31.3. The number of hydrogen-bond acceptors (Lipinski definition) is 11. The van der Waals surface area contributed by atoms with E-state index in [-0.39, 0.29) is 24.5 Å². The van der Waals surface area contributed by atoms with Crippen LogP contribution >= 0.6 is 0 Å². The Morgan fingerprint density at radius 2 is 1.11 bits per heavy atom. The highest BCUT2D eigenvalue weighted by Gasteiger charge is 2.19. The normalized spacial score (nSPS) is 10.9. The highest BCUT2D eigenvalue weighted by molar-refractivity contribution is 5.95. The average molecular weight is 538 g/mol. The van der Waals surface area contributed by atoms with Crippen molar-refractivity contribution in [1.29, 1.82) is 0 Å². The summed E-state index contributed by atoms with van der Waals surface area (Å²) in [6, 6.07) is 11.8. The molecule has 0 unspecified atom stereocenters. The van der Waals surface area contributed by atoms with Gasteiger partial charge in [-0.05, 0) is 12.1 Å². The standard InChI is InChI=1S/C27H39NO10/c1-30-8-10-32-12-14-34-16-18-36-25-21-24(28)26(37-19-17-35-15-13-33-11-9-31-2)20-23(25)27(29)38-22-6-4-3-5-7-22/h3-7,20-21H,8-19,28H2,1-2H3. The maximum absolute atomic E-state index is 13.0. The van der Waals surface area contributed by atoms with E-state index >= 15 is 0 Å². The fraction of sp³-hybridized carbons (Fsp3) is 0.519. The number of benzene rings is 2. The zero-order chi connectivity index (χ0) is 27.3. The highest BCUT2D eigenvalue weighted by atomic mass is 16.6. The van der Waals surface area contributed by atoms with E-state index in [2.05, 4.69) is 0 Å². The summed E-state index contributed by atoms with van der Waals surface area (Å²) in [5.41, 5.74) is 6.66. The van der Waals surface area contributed by atoms with E-state index < -0.39 is 5.97 Å². The number of hydrogen-bond donors (Lipinski definition) is 1. The number of esters is 1. The van der Waals surface area contributed by atoms with Crippen LogP contribution in [-0.2, 0) is 28.4 Å². The molecule has 0 saturated carbocycles. The van der Waals surface area contributed by atoms with Crippen molar-refractivity contribution in [3.8, 4) is 17.2 Å². The van der Waals surface area contributed by atoms with Crippen LogP contribution in [0.1, 0.15) is 10.4 Å².